The van der Waals surface area contributed by atoms with Gasteiger partial charge in [0.15, 0.2) is 10.7 Å². The molecule has 3 rings (SSSR count). The molecule has 0 saturated carbocycles. The Bertz CT molecular complexity index is 892. The highest BCUT2D eigenvalue weighted by atomic mass is 35.5. The van der Waals surface area contributed by atoms with Gasteiger partial charge in [0.25, 0.3) is 0 Å². The van der Waals surface area contributed by atoms with Crippen LogP contribution in [0.25, 0.3) is 22.6 Å². The topological polar surface area (TPSA) is 64.1 Å². The van der Waals surface area contributed by atoms with Gasteiger partial charge in [-0.05, 0) is 49.0 Å². The first-order chi connectivity index (χ1) is 10.4. The number of fused-ring (bicyclic) bond motifs is 1. The third-order valence-corrected chi connectivity index (χ3v) is 3.75. The maximum absolute atomic E-state index is 6.12. The first-order valence-electron chi connectivity index (χ1n) is 6.37. The molecule has 0 unspecified atom stereocenters. The van der Waals surface area contributed by atoms with Crippen molar-refractivity contribution in [1.82, 2.24) is 4.98 Å². The predicted octanol–water partition coefficient (Wildman–Crippen LogP) is 4.77. The van der Waals surface area contributed by atoms with Gasteiger partial charge in [-0.15, -0.1) is 0 Å². The average molecular weight is 352 g/mol. The first-order valence-corrected chi connectivity index (χ1v) is 7.53. The number of halogens is 2. The standard InChI is InChI=1S/C15H11Cl2N3OS/c1-7-2-3-8(4-11(7)20-15(18)22)14-19-12-6-9(16)5-10(17)13(12)21-14/h2-6H,1H3,(H3,18,20,22). The summed E-state index contributed by atoms with van der Waals surface area (Å²) < 4.78 is 5.75. The summed E-state index contributed by atoms with van der Waals surface area (Å²) in [5.41, 5.74) is 9.24. The lowest BCUT2D eigenvalue weighted by atomic mass is 10.1. The van der Waals surface area contributed by atoms with Crippen molar-refractivity contribution in [3.05, 3.63) is 45.9 Å². The molecule has 0 aliphatic rings. The van der Waals surface area contributed by atoms with Gasteiger partial charge in [-0.25, -0.2) is 4.98 Å². The van der Waals surface area contributed by atoms with Gasteiger partial charge in [-0.1, -0.05) is 29.3 Å². The maximum atomic E-state index is 6.12. The molecule has 0 radical (unpaired) electrons. The Hall–Kier alpha value is -1.82. The molecule has 0 atom stereocenters. The van der Waals surface area contributed by atoms with Gasteiger partial charge in [-0.3, -0.25) is 0 Å². The van der Waals surface area contributed by atoms with E-state index in [4.69, 9.17) is 45.6 Å². The molecule has 112 valence electrons. The molecule has 0 aliphatic carbocycles. The maximum Gasteiger partial charge on any atom is 0.227 e. The second-order valence-corrected chi connectivity index (χ2v) is 6.06. The van der Waals surface area contributed by atoms with Crippen LogP contribution in [0.15, 0.2) is 34.7 Å². The number of anilines is 1. The van der Waals surface area contributed by atoms with Crippen molar-refractivity contribution in [1.29, 1.82) is 0 Å². The molecule has 3 aromatic rings. The predicted molar refractivity (Wildman–Crippen MR) is 94.6 cm³/mol. The Balaban J connectivity index is 2.11. The van der Waals surface area contributed by atoms with Gasteiger partial charge in [0.05, 0.1) is 5.02 Å². The van der Waals surface area contributed by atoms with Crippen LogP contribution in [0, 0.1) is 6.92 Å². The molecule has 1 heterocycles. The summed E-state index contributed by atoms with van der Waals surface area (Å²) in [6, 6.07) is 9.03. The Morgan fingerprint density at radius 2 is 2.05 bits per heavy atom. The summed E-state index contributed by atoms with van der Waals surface area (Å²) >= 11 is 17.0. The van der Waals surface area contributed by atoms with Gasteiger partial charge in [0, 0.05) is 16.3 Å². The average Bonchev–Trinajstić information content (AvgIpc) is 2.85. The van der Waals surface area contributed by atoms with E-state index in [1.807, 2.05) is 25.1 Å². The molecule has 4 nitrogen and oxygen atoms in total. The molecular weight excluding hydrogens is 341 g/mol. The van der Waals surface area contributed by atoms with Crippen molar-refractivity contribution >= 4 is 57.3 Å². The van der Waals surface area contributed by atoms with Crippen LogP contribution in [-0.4, -0.2) is 10.1 Å². The van der Waals surface area contributed by atoms with Gasteiger partial charge in [0.1, 0.15) is 5.52 Å². The van der Waals surface area contributed by atoms with Gasteiger partial charge < -0.3 is 15.5 Å². The van der Waals surface area contributed by atoms with E-state index < -0.39 is 0 Å². The molecule has 7 heteroatoms. The fourth-order valence-corrected chi connectivity index (χ4v) is 2.74. The van der Waals surface area contributed by atoms with Crippen LogP contribution in [0.4, 0.5) is 5.69 Å². The van der Waals surface area contributed by atoms with E-state index in [1.54, 1.807) is 12.1 Å². The molecule has 0 spiro atoms. The monoisotopic (exact) mass is 351 g/mol. The quantitative estimate of drug-likeness (QED) is 0.651. The Labute approximate surface area is 142 Å². The van der Waals surface area contributed by atoms with Crippen molar-refractivity contribution in [2.24, 2.45) is 5.73 Å². The lowest BCUT2D eigenvalue weighted by molar-refractivity contribution is 0.620. The number of oxazole rings is 1. The van der Waals surface area contributed by atoms with E-state index in [2.05, 4.69) is 10.3 Å². The molecule has 0 fully saturated rings. The first kappa shape index (κ1) is 15.1. The zero-order valence-electron chi connectivity index (χ0n) is 11.5. The van der Waals surface area contributed by atoms with Gasteiger partial charge >= 0.3 is 0 Å². The molecule has 22 heavy (non-hydrogen) atoms. The Kier molecular flexibility index (Phi) is 3.95. The molecule has 0 bridgehead atoms. The Morgan fingerprint density at radius 1 is 1.27 bits per heavy atom. The molecular formula is C15H11Cl2N3OS. The normalized spacial score (nSPS) is 10.9. The van der Waals surface area contributed by atoms with E-state index in [0.29, 0.717) is 27.0 Å². The number of hydrogen-bond acceptors (Lipinski definition) is 3. The lowest BCUT2D eigenvalue weighted by Crippen LogP contribution is -2.19. The minimum atomic E-state index is 0.202. The van der Waals surface area contributed by atoms with Crippen molar-refractivity contribution in [3.63, 3.8) is 0 Å². The summed E-state index contributed by atoms with van der Waals surface area (Å²) in [5.74, 6) is 0.449. The zero-order valence-corrected chi connectivity index (χ0v) is 13.8. The number of benzene rings is 2. The number of aromatic nitrogens is 1. The minimum absolute atomic E-state index is 0.202. The third kappa shape index (κ3) is 2.88. The number of thiocarbonyl (C=S) groups is 1. The molecule has 1 aromatic heterocycles. The van der Waals surface area contributed by atoms with E-state index in [9.17, 15) is 0 Å². The van der Waals surface area contributed by atoms with Crippen LogP contribution in [0.1, 0.15) is 5.56 Å². The van der Waals surface area contributed by atoms with Crippen LogP contribution in [0.5, 0.6) is 0 Å². The summed E-state index contributed by atoms with van der Waals surface area (Å²) in [5, 5.41) is 4.07. The summed E-state index contributed by atoms with van der Waals surface area (Å²) in [6.07, 6.45) is 0. The summed E-state index contributed by atoms with van der Waals surface area (Å²) in [4.78, 5) is 4.43. The summed E-state index contributed by atoms with van der Waals surface area (Å²) in [6.45, 7) is 1.95. The second kappa shape index (κ2) is 5.76. The molecule has 2 aromatic carbocycles. The number of hydrogen-bond donors (Lipinski definition) is 2. The largest absolute Gasteiger partial charge is 0.435 e. The van der Waals surface area contributed by atoms with Crippen LogP contribution in [-0.2, 0) is 0 Å². The van der Waals surface area contributed by atoms with Crippen LogP contribution in [0.2, 0.25) is 10.0 Å². The van der Waals surface area contributed by atoms with Crippen molar-refractivity contribution < 1.29 is 4.42 Å². The van der Waals surface area contributed by atoms with Gasteiger partial charge in [-0.2, -0.15) is 0 Å². The van der Waals surface area contributed by atoms with Crippen LogP contribution < -0.4 is 11.1 Å². The number of rotatable bonds is 2. The van der Waals surface area contributed by atoms with Crippen molar-refractivity contribution in [3.8, 4) is 11.5 Å². The number of aryl methyl sites for hydroxylation is 1. The fourth-order valence-electron chi connectivity index (χ4n) is 2.11. The molecule has 0 saturated heterocycles. The van der Waals surface area contributed by atoms with Crippen LogP contribution in [0.3, 0.4) is 0 Å². The Morgan fingerprint density at radius 3 is 2.77 bits per heavy atom. The summed E-state index contributed by atoms with van der Waals surface area (Å²) in [7, 11) is 0. The second-order valence-electron chi connectivity index (χ2n) is 4.77. The smallest absolute Gasteiger partial charge is 0.227 e. The highest BCUT2D eigenvalue weighted by Gasteiger charge is 2.13. The number of nitrogens with zero attached hydrogens (tertiary/aromatic N) is 1. The molecule has 3 N–H and O–H groups in total. The van der Waals surface area contributed by atoms with Gasteiger partial charge in [0.2, 0.25) is 5.89 Å². The third-order valence-electron chi connectivity index (χ3n) is 3.15. The van der Waals surface area contributed by atoms with E-state index in [1.165, 1.54) is 0 Å². The lowest BCUT2D eigenvalue weighted by Gasteiger charge is -2.08. The van der Waals surface area contributed by atoms with E-state index >= 15 is 0 Å². The molecule has 0 aliphatic heterocycles. The van der Waals surface area contributed by atoms with Crippen molar-refractivity contribution in [2.45, 2.75) is 6.92 Å². The SMILES string of the molecule is Cc1ccc(-c2nc3cc(Cl)cc(Cl)c3o2)cc1NC(N)=S. The minimum Gasteiger partial charge on any atom is -0.435 e. The van der Waals surface area contributed by atoms with Crippen molar-refractivity contribution in [2.75, 3.05) is 5.32 Å². The van der Waals surface area contributed by atoms with Crippen LogP contribution >= 0.6 is 35.4 Å². The highest BCUT2D eigenvalue weighted by Crippen LogP contribution is 2.33. The highest BCUT2D eigenvalue weighted by molar-refractivity contribution is 7.80. The zero-order chi connectivity index (χ0) is 15.9. The number of nitrogens with one attached hydrogen (secondary N) is 1. The fraction of sp³-hybridized carbons (Fsp3) is 0.0667. The number of nitrogens with two attached hydrogens (primary N) is 1. The molecule has 0 amide bonds. The van der Waals surface area contributed by atoms with E-state index in [-0.39, 0.29) is 5.11 Å². The van der Waals surface area contributed by atoms with E-state index in [0.717, 1.165) is 16.8 Å².